The molecule has 0 bridgehead atoms. The van der Waals surface area contributed by atoms with Gasteiger partial charge in [0.15, 0.2) is 0 Å². The molecule has 94 valence electrons. The third-order valence-electron chi connectivity index (χ3n) is 2.98. The van der Waals surface area contributed by atoms with E-state index in [1.54, 1.807) is 6.07 Å². The van der Waals surface area contributed by atoms with Crippen LogP contribution in [0.4, 0.5) is 0 Å². The molecule has 2 aromatic rings. The molecule has 0 radical (unpaired) electrons. The number of carbonyl (C=O) groups is 1. The molecule has 1 aromatic carbocycles. The molecular weight excluding hydrogens is 226 g/mol. The summed E-state index contributed by atoms with van der Waals surface area (Å²) in [5.41, 5.74) is 2.78. The lowest BCUT2D eigenvalue weighted by Crippen LogP contribution is -2.08. The van der Waals surface area contributed by atoms with Gasteiger partial charge in [0, 0.05) is 11.9 Å². The van der Waals surface area contributed by atoms with Crippen molar-refractivity contribution in [2.75, 3.05) is 7.11 Å². The summed E-state index contributed by atoms with van der Waals surface area (Å²) in [5.74, 6) is 0.178. The molecule has 0 saturated carbocycles. The number of benzene rings is 1. The molecule has 0 N–H and O–H groups in total. The largest absolute Gasteiger partial charge is 0.464 e. The van der Waals surface area contributed by atoms with Gasteiger partial charge in [0.1, 0.15) is 5.69 Å². The molecule has 3 heteroatoms. The minimum atomic E-state index is -0.326. The van der Waals surface area contributed by atoms with Crippen molar-refractivity contribution in [3.05, 3.63) is 53.9 Å². The lowest BCUT2D eigenvalue weighted by Gasteiger charge is -2.10. The lowest BCUT2D eigenvalue weighted by molar-refractivity contribution is 0.0591. The SMILES string of the molecule is COC(=O)c1cccn1-c1ccc(C(C)C)cc1. The topological polar surface area (TPSA) is 31.2 Å². The van der Waals surface area contributed by atoms with Crippen molar-refractivity contribution < 1.29 is 9.53 Å². The Labute approximate surface area is 107 Å². The van der Waals surface area contributed by atoms with Gasteiger partial charge in [0.05, 0.1) is 7.11 Å². The van der Waals surface area contributed by atoms with Gasteiger partial charge < -0.3 is 9.30 Å². The number of methoxy groups -OCH3 is 1. The standard InChI is InChI=1S/C15H17NO2/c1-11(2)12-6-8-13(9-7-12)16-10-4-5-14(16)15(17)18-3/h4-11H,1-3H3. The fourth-order valence-electron chi connectivity index (χ4n) is 1.90. The highest BCUT2D eigenvalue weighted by Gasteiger charge is 2.11. The molecule has 2 rings (SSSR count). The van der Waals surface area contributed by atoms with Crippen LogP contribution in [0.2, 0.25) is 0 Å². The van der Waals surface area contributed by atoms with Gasteiger partial charge in [0.2, 0.25) is 0 Å². The normalized spacial score (nSPS) is 10.7. The van der Waals surface area contributed by atoms with E-state index in [4.69, 9.17) is 4.74 Å². The summed E-state index contributed by atoms with van der Waals surface area (Å²) < 4.78 is 6.59. The average Bonchev–Trinajstić information content (AvgIpc) is 2.87. The molecule has 1 aromatic heterocycles. The number of nitrogens with zero attached hydrogens (tertiary/aromatic N) is 1. The van der Waals surface area contributed by atoms with Crippen molar-refractivity contribution >= 4 is 5.97 Å². The molecule has 18 heavy (non-hydrogen) atoms. The first-order valence-corrected chi connectivity index (χ1v) is 5.99. The van der Waals surface area contributed by atoms with Gasteiger partial charge in [-0.05, 0) is 35.7 Å². The van der Waals surface area contributed by atoms with E-state index in [-0.39, 0.29) is 5.97 Å². The number of rotatable bonds is 3. The van der Waals surface area contributed by atoms with Gasteiger partial charge in [-0.2, -0.15) is 0 Å². The maximum absolute atomic E-state index is 11.6. The van der Waals surface area contributed by atoms with Crippen molar-refractivity contribution in [2.45, 2.75) is 19.8 Å². The summed E-state index contributed by atoms with van der Waals surface area (Å²) in [6.07, 6.45) is 1.86. The van der Waals surface area contributed by atoms with Crippen LogP contribution in [0.5, 0.6) is 0 Å². The number of carbonyl (C=O) groups excluding carboxylic acids is 1. The second-order valence-electron chi connectivity index (χ2n) is 4.50. The summed E-state index contributed by atoms with van der Waals surface area (Å²) >= 11 is 0. The predicted octanol–water partition coefficient (Wildman–Crippen LogP) is 3.39. The van der Waals surface area contributed by atoms with Gasteiger partial charge in [-0.1, -0.05) is 26.0 Å². The second kappa shape index (κ2) is 5.08. The maximum Gasteiger partial charge on any atom is 0.355 e. The summed E-state index contributed by atoms with van der Waals surface area (Å²) in [4.78, 5) is 11.6. The Kier molecular flexibility index (Phi) is 3.51. The van der Waals surface area contributed by atoms with Crippen LogP contribution in [0.15, 0.2) is 42.6 Å². The van der Waals surface area contributed by atoms with Gasteiger partial charge in [-0.15, -0.1) is 0 Å². The summed E-state index contributed by atoms with van der Waals surface area (Å²) in [6.45, 7) is 4.31. The van der Waals surface area contributed by atoms with Crippen LogP contribution in [0, 0.1) is 0 Å². The first-order chi connectivity index (χ1) is 8.63. The van der Waals surface area contributed by atoms with E-state index >= 15 is 0 Å². The zero-order chi connectivity index (χ0) is 13.1. The molecular formula is C15H17NO2. The number of hydrogen-bond acceptors (Lipinski definition) is 2. The van der Waals surface area contributed by atoms with Crippen LogP contribution in [0.25, 0.3) is 5.69 Å². The van der Waals surface area contributed by atoms with Crippen LogP contribution < -0.4 is 0 Å². The predicted molar refractivity (Wildman–Crippen MR) is 71.2 cm³/mol. The lowest BCUT2D eigenvalue weighted by atomic mass is 10.0. The highest BCUT2D eigenvalue weighted by atomic mass is 16.5. The zero-order valence-electron chi connectivity index (χ0n) is 10.9. The molecule has 0 fully saturated rings. The van der Waals surface area contributed by atoms with Crippen LogP contribution >= 0.6 is 0 Å². The molecule has 0 atom stereocenters. The molecule has 3 nitrogen and oxygen atoms in total. The number of hydrogen-bond donors (Lipinski definition) is 0. The Morgan fingerprint density at radius 2 is 1.83 bits per heavy atom. The molecule has 0 saturated heterocycles. The fourth-order valence-corrected chi connectivity index (χ4v) is 1.90. The Morgan fingerprint density at radius 1 is 1.17 bits per heavy atom. The minimum absolute atomic E-state index is 0.326. The van der Waals surface area contributed by atoms with Crippen LogP contribution in [-0.4, -0.2) is 17.6 Å². The molecule has 0 amide bonds. The molecule has 0 aliphatic heterocycles. The average molecular weight is 243 g/mol. The van der Waals surface area contributed by atoms with Crippen molar-refractivity contribution in [3.8, 4) is 5.69 Å². The molecule has 0 aliphatic carbocycles. The molecule has 0 aliphatic rings. The highest BCUT2D eigenvalue weighted by Crippen LogP contribution is 2.18. The highest BCUT2D eigenvalue weighted by molar-refractivity contribution is 5.88. The first-order valence-electron chi connectivity index (χ1n) is 5.99. The maximum atomic E-state index is 11.6. The molecule has 0 unspecified atom stereocenters. The van der Waals surface area contributed by atoms with Crippen LogP contribution in [-0.2, 0) is 4.74 Å². The second-order valence-corrected chi connectivity index (χ2v) is 4.50. The Hall–Kier alpha value is -2.03. The van der Waals surface area contributed by atoms with Crippen LogP contribution in [0.3, 0.4) is 0 Å². The van der Waals surface area contributed by atoms with Gasteiger partial charge in [0.25, 0.3) is 0 Å². The zero-order valence-corrected chi connectivity index (χ0v) is 10.9. The van der Waals surface area contributed by atoms with Gasteiger partial charge in [-0.3, -0.25) is 0 Å². The van der Waals surface area contributed by atoms with E-state index in [1.165, 1.54) is 12.7 Å². The Morgan fingerprint density at radius 3 is 2.39 bits per heavy atom. The van der Waals surface area contributed by atoms with Gasteiger partial charge in [-0.25, -0.2) is 4.79 Å². The summed E-state index contributed by atoms with van der Waals surface area (Å²) in [7, 11) is 1.39. The fraction of sp³-hybridized carbons (Fsp3) is 0.267. The van der Waals surface area contributed by atoms with Crippen molar-refractivity contribution in [3.63, 3.8) is 0 Å². The molecule has 0 spiro atoms. The summed E-state index contributed by atoms with van der Waals surface area (Å²) in [6, 6.07) is 11.8. The minimum Gasteiger partial charge on any atom is -0.464 e. The third-order valence-corrected chi connectivity index (χ3v) is 2.98. The van der Waals surface area contributed by atoms with E-state index < -0.39 is 0 Å². The first kappa shape index (κ1) is 12.4. The smallest absolute Gasteiger partial charge is 0.355 e. The molecule has 1 heterocycles. The van der Waals surface area contributed by atoms with Gasteiger partial charge >= 0.3 is 5.97 Å². The number of aromatic nitrogens is 1. The van der Waals surface area contributed by atoms with E-state index in [1.807, 2.05) is 29.0 Å². The monoisotopic (exact) mass is 243 g/mol. The van der Waals surface area contributed by atoms with Crippen molar-refractivity contribution in [1.82, 2.24) is 4.57 Å². The van der Waals surface area contributed by atoms with Crippen molar-refractivity contribution in [1.29, 1.82) is 0 Å². The summed E-state index contributed by atoms with van der Waals surface area (Å²) in [5, 5.41) is 0. The number of ether oxygens (including phenoxy) is 1. The van der Waals surface area contributed by atoms with E-state index in [0.717, 1.165) is 5.69 Å². The van der Waals surface area contributed by atoms with E-state index in [0.29, 0.717) is 11.6 Å². The third kappa shape index (κ3) is 2.30. The Bertz CT molecular complexity index is 538. The quantitative estimate of drug-likeness (QED) is 0.774. The van der Waals surface area contributed by atoms with Crippen molar-refractivity contribution in [2.24, 2.45) is 0 Å². The van der Waals surface area contributed by atoms with E-state index in [9.17, 15) is 4.79 Å². The number of esters is 1. The van der Waals surface area contributed by atoms with Crippen LogP contribution in [0.1, 0.15) is 35.8 Å². The van der Waals surface area contributed by atoms with E-state index in [2.05, 4.69) is 26.0 Å². The Balaban J connectivity index is 2.37.